The number of carbonyl (C=O) groups is 1. The summed E-state index contributed by atoms with van der Waals surface area (Å²) in [5.41, 5.74) is 2.08. The maximum absolute atomic E-state index is 11.5. The van der Waals surface area contributed by atoms with Crippen LogP contribution in [0.15, 0.2) is 0 Å². The first kappa shape index (κ1) is 14.9. The van der Waals surface area contributed by atoms with Crippen molar-refractivity contribution >= 4 is 17.6 Å². The van der Waals surface area contributed by atoms with Gasteiger partial charge in [0.2, 0.25) is 0 Å². The minimum absolute atomic E-state index is 0.224. The molecular formula is C15H22ClN3O2. The van der Waals surface area contributed by atoms with Crippen molar-refractivity contribution in [1.29, 1.82) is 0 Å². The number of halogens is 1. The molecule has 1 saturated heterocycles. The lowest BCUT2D eigenvalue weighted by Crippen LogP contribution is -2.24. The molecule has 1 aromatic rings. The molecule has 1 N–H and O–H groups in total. The number of likely N-dealkylation sites (tertiary alicyclic amines) is 1. The molecule has 1 aliphatic carbocycles. The van der Waals surface area contributed by atoms with Crippen molar-refractivity contribution in [2.75, 3.05) is 13.1 Å². The third kappa shape index (κ3) is 2.81. The van der Waals surface area contributed by atoms with Gasteiger partial charge in [0.15, 0.2) is 0 Å². The molecule has 1 aliphatic heterocycles. The first-order chi connectivity index (χ1) is 10.0. The standard InChI is InChI=1S/C15H22ClN3O2/c1-3-13-12(14(16)18(2)17-13)8-19-6-10(9-4-5-9)11(7-19)15(20)21/h9-11H,3-8H2,1-2H3,(H,20,21)/t10-,11+/m1/s1. The minimum Gasteiger partial charge on any atom is -0.481 e. The van der Waals surface area contributed by atoms with Crippen LogP contribution in [0, 0.1) is 17.8 Å². The summed E-state index contributed by atoms with van der Waals surface area (Å²) in [5, 5.41) is 14.5. The first-order valence-corrected chi connectivity index (χ1v) is 8.04. The average Bonchev–Trinajstić information content (AvgIpc) is 3.15. The topological polar surface area (TPSA) is 58.4 Å². The number of aryl methyl sites for hydroxylation is 2. The van der Waals surface area contributed by atoms with E-state index in [4.69, 9.17) is 11.6 Å². The van der Waals surface area contributed by atoms with Crippen LogP contribution in [0.5, 0.6) is 0 Å². The average molecular weight is 312 g/mol. The third-order valence-electron chi connectivity index (χ3n) is 4.85. The van der Waals surface area contributed by atoms with Crippen LogP contribution in [-0.2, 0) is 24.8 Å². The summed E-state index contributed by atoms with van der Waals surface area (Å²) in [6, 6.07) is 0. The molecule has 0 unspecified atom stereocenters. The maximum atomic E-state index is 11.5. The van der Waals surface area contributed by atoms with Crippen molar-refractivity contribution in [1.82, 2.24) is 14.7 Å². The van der Waals surface area contributed by atoms with Gasteiger partial charge >= 0.3 is 5.97 Å². The van der Waals surface area contributed by atoms with Gasteiger partial charge in [-0.15, -0.1) is 0 Å². The smallest absolute Gasteiger partial charge is 0.308 e. The fourth-order valence-corrected chi connectivity index (χ4v) is 3.78. The van der Waals surface area contributed by atoms with E-state index in [1.54, 1.807) is 4.68 Å². The Hall–Kier alpha value is -1.07. The lowest BCUT2D eigenvalue weighted by atomic mass is 9.92. The van der Waals surface area contributed by atoms with Gasteiger partial charge in [-0.1, -0.05) is 18.5 Å². The Morgan fingerprint density at radius 1 is 1.43 bits per heavy atom. The highest BCUT2D eigenvalue weighted by Gasteiger charge is 2.45. The Morgan fingerprint density at radius 3 is 2.71 bits per heavy atom. The molecule has 5 nitrogen and oxygen atoms in total. The second kappa shape index (κ2) is 5.61. The lowest BCUT2D eigenvalue weighted by Gasteiger charge is -2.15. The molecule has 2 heterocycles. The molecular weight excluding hydrogens is 290 g/mol. The molecule has 0 amide bonds. The number of aliphatic carboxylic acids is 1. The number of rotatable bonds is 5. The van der Waals surface area contributed by atoms with Crippen molar-refractivity contribution in [3.05, 3.63) is 16.4 Å². The van der Waals surface area contributed by atoms with E-state index in [2.05, 4.69) is 16.9 Å². The highest BCUT2D eigenvalue weighted by molar-refractivity contribution is 6.30. The van der Waals surface area contributed by atoms with Crippen LogP contribution >= 0.6 is 11.6 Å². The van der Waals surface area contributed by atoms with Crippen LogP contribution in [0.1, 0.15) is 31.0 Å². The van der Waals surface area contributed by atoms with Crippen LogP contribution in [0.3, 0.4) is 0 Å². The fraction of sp³-hybridized carbons (Fsp3) is 0.733. The van der Waals surface area contributed by atoms with Crippen molar-refractivity contribution in [3.63, 3.8) is 0 Å². The minimum atomic E-state index is -0.651. The van der Waals surface area contributed by atoms with Crippen molar-refractivity contribution in [2.45, 2.75) is 32.7 Å². The number of carboxylic acids is 1. The highest BCUT2D eigenvalue weighted by atomic mass is 35.5. The van der Waals surface area contributed by atoms with E-state index < -0.39 is 5.97 Å². The zero-order chi connectivity index (χ0) is 15.1. The molecule has 1 aromatic heterocycles. The fourth-order valence-electron chi connectivity index (χ4n) is 3.57. The summed E-state index contributed by atoms with van der Waals surface area (Å²) in [6.07, 6.45) is 3.23. The Bertz CT molecular complexity index is 553. The number of aromatic nitrogens is 2. The quantitative estimate of drug-likeness (QED) is 0.905. The molecule has 116 valence electrons. The second-order valence-corrected chi connectivity index (χ2v) is 6.69. The van der Waals surface area contributed by atoms with Crippen LogP contribution in [0.25, 0.3) is 0 Å². The van der Waals surface area contributed by atoms with Gasteiger partial charge in [0.05, 0.1) is 11.6 Å². The molecule has 0 radical (unpaired) electrons. The van der Waals surface area contributed by atoms with Crippen LogP contribution < -0.4 is 0 Å². The highest BCUT2D eigenvalue weighted by Crippen LogP contribution is 2.44. The number of carboxylic acid groups (broad SMARTS) is 1. The van der Waals surface area contributed by atoms with E-state index in [-0.39, 0.29) is 5.92 Å². The van der Waals surface area contributed by atoms with Crippen molar-refractivity contribution < 1.29 is 9.90 Å². The molecule has 0 bridgehead atoms. The van der Waals surface area contributed by atoms with Gasteiger partial charge in [-0.2, -0.15) is 5.10 Å². The van der Waals surface area contributed by atoms with Gasteiger partial charge in [0.1, 0.15) is 5.15 Å². The summed E-state index contributed by atoms with van der Waals surface area (Å²) in [4.78, 5) is 13.7. The lowest BCUT2D eigenvalue weighted by molar-refractivity contribution is -0.142. The van der Waals surface area contributed by atoms with E-state index >= 15 is 0 Å². The zero-order valence-corrected chi connectivity index (χ0v) is 13.3. The van der Waals surface area contributed by atoms with E-state index in [0.717, 1.165) is 24.2 Å². The van der Waals surface area contributed by atoms with Gasteiger partial charge in [0, 0.05) is 32.2 Å². The predicted octanol–water partition coefficient (Wildman–Crippen LogP) is 2.18. The van der Waals surface area contributed by atoms with Crippen LogP contribution in [0.4, 0.5) is 0 Å². The van der Waals surface area contributed by atoms with Crippen molar-refractivity contribution in [2.24, 2.45) is 24.8 Å². The van der Waals surface area contributed by atoms with E-state index in [1.165, 1.54) is 12.8 Å². The molecule has 2 aliphatic rings. The van der Waals surface area contributed by atoms with Gasteiger partial charge in [0.25, 0.3) is 0 Å². The third-order valence-corrected chi connectivity index (χ3v) is 5.33. The summed E-state index contributed by atoms with van der Waals surface area (Å²) >= 11 is 6.34. The number of hydrogen-bond donors (Lipinski definition) is 1. The Labute approximate surface area is 129 Å². The largest absolute Gasteiger partial charge is 0.481 e. The molecule has 0 spiro atoms. The number of nitrogens with zero attached hydrogens (tertiary/aromatic N) is 3. The van der Waals surface area contributed by atoms with Crippen LogP contribution in [0.2, 0.25) is 5.15 Å². The maximum Gasteiger partial charge on any atom is 0.308 e. The van der Waals surface area contributed by atoms with E-state index in [9.17, 15) is 9.90 Å². The molecule has 2 fully saturated rings. The van der Waals surface area contributed by atoms with Crippen molar-refractivity contribution in [3.8, 4) is 0 Å². The van der Waals surface area contributed by atoms with Gasteiger partial charge in [-0.05, 0) is 31.1 Å². The predicted molar refractivity (Wildman–Crippen MR) is 80.2 cm³/mol. The molecule has 2 atom stereocenters. The Morgan fingerprint density at radius 2 is 2.14 bits per heavy atom. The zero-order valence-electron chi connectivity index (χ0n) is 12.5. The van der Waals surface area contributed by atoms with Gasteiger partial charge in [-0.3, -0.25) is 14.4 Å². The summed E-state index contributed by atoms with van der Waals surface area (Å²) in [5.74, 6) is 0.0505. The molecule has 1 saturated carbocycles. The summed E-state index contributed by atoms with van der Waals surface area (Å²) in [7, 11) is 1.85. The normalized spacial score (nSPS) is 26.4. The first-order valence-electron chi connectivity index (χ1n) is 7.66. The summed E-state index contributed by atoms with van der Waals surface area (Å²) < 4.78 is 1.71. The second-order valence-electron chi connectivity index (χ2n) is 6.33. The van der Waals surface area contributed by atoms with E-state index in [0.29, 0.717) is 30.1 Å². The Kier molecular flexibility index (Phi) is 3.97. The Balaban J connectivity index is 1.75. The molecule has 21 heavy (non-hydrogen) atoms. The van der Waals surface area contributed by atoms with Gasteiger partial charge in [-0.25, -0.2) is 0 Å². The van der Waals surface area contributed by atoms with E-state index in [1.807, 2.05) is 7.05 Å². The number of hydrogen-bond acceptors (Lipinski definition) is 3. The van der Waals surface area contributed by atoms with Gasteiger partial charge < -0.3 is 5.11 Å². The molecule has 6 heteroatoms. The molecule has 0 aromatic carbocycles. The SMILES string of the molecule is CCc1nn(C)c(Cl)c1CN1C[C@H](C(=O)O)[C@@H](C2CC2)C1. The van der Waals surface area contributed by atoms with Crippen LogP contribution in [-0.4, -0.2) is 38.8 Å². The summed E-state index contributed by atoms with van der Waals surface area (Å²) in [6.45, 7) is 4.28. The molecule has 3 rings (SSSR count). The monoisotopic (exact) mass is 311 g/mol.